The standard InChI is InChI=1S/C12H14N2O/c1-7-5-4-6-9-10(7)11(13)8(2)14-12(9)15-3/h4-6H,13H2,1-3H3. The average molecular weight is 202 g/mol. The molecule has 0 unspecified atom stereocenters. The van der Waals surface area contributed by atoms with Gasteiger partial charge in [-0.15, -0.1) is 0 Å². The summed E-state index contributed by atoms with van der Waals surface area (Å²) in [6, 6.07) is 6.00. The van der Waals surface area contributed by atoms with Crippen LogP contribution in [0.15, 0.2) is 18.2 Å². The Kier molecular flexibility index (Phi) is 2.23. The maximum absolute atomic E-state index is 6.02. The summed E-state index contributed by atoms with van der Waals surface area (Å²) >= 11 is 0. The topological polar surface area (TPSA) is 48.1 Å². The number of methoxy groups -OCH3 is 1. The van der Waals surface area contributed by atoms with Crippen molar-refractivity contribution in [1.82, 2.24) is 4.98 Å². The van der Waals surface area contributed by atoms with E-state index in [4.69, 9.17) is 10.5 Å². The van der Waals surface area contributed by atoms with Crippen LogP contribution in [0.25, 0.3) is 10.8 Å². The quantitative estimate of drug-likeness (QED) is 0.772. The molecule has 2 rings (SSSR count). The number of anilines is 1. The molecule has 0 aliphatic carbocycles. The second-order valence-electron chi connectivity index (χ2n) is 3.62. The van der Waals surface area contributed by atoms with Gasteiger partial charge in [0.2, 0.25) is 5.88 Å². The minimum atomic E-state index is 0.639. The van der Waals surface area contributed by atoms with Crippen molar-refractivity contribution in [3.8, 4) is 5.88 Å². The van der Waals surface area contributed by atoms with E-state index in [0.717, 1.165) is 27.7 Å². The van der Waals surface area contributed by atoms with E-state index in [0.29, 0.717) is 5.88 Å². The van der Waals surface area contributed by atoms with Gasteiger partial charge in [-0.25, -0.2) is 4.98 Å². The lowest BCUT2D eigenvalue weighted by Crippen LogP contribution is -1.99. The first-order valence-corrected chi connectivity index (χ1v) is 4.84. The van der Waals surface area contributed by atoms with Gasteiger partial charge in [-0.05, 0) is 25.5 Å². The highest BCUT2D eigenvalue weighted by Gasteiger charge is 2.10. The molecular weight excluding hydrogens is 188 g/mol. The zero-order chi connectivity index (χ0) is 11.0. The zero-order valence-electron chi connectivity index (χ0n) is 9.16. The van der Waals surface area contributed by atoms with Crippen LogP contribution in [-0.2, 0) is 0 Å². The summed E-state index contributed by atoms with van der Waals surface area (Å²) in [7, 11) is 1.62. The minimum absolute atomic E-state index is 0.639. The zero-order valence-corrected chi connectivity index (χ0v) is 9.16. The smallest absolute Gasteiger partial charge is 0.221 e. The van der Waals surface area contributed by atoms with Crippen molar-refractivity contribution in [1.29, 1.82) is 0 Å². The molecule has 15 heavy (non-hydrogen) atoms. The molecule has 0 saturated heterocycles. The maximum atomic E-state index is 6.02. The van der Waals surface area contributed by atoms with Gasteiger partial charge >= 0.3 is 0 Å². The van der Waals surface area contributed by atoms with E-state index in [9.17, 15) is 0 Å². The fourth-order valence-corrected chi connectivity index (χ4v) is 1.81. The van der Waals surface area contributed by atoms with Crippen LogP contribution < -0.4 is 10.5 Å². The summed E-state index contributed by atoms with van der Waals surface area (Å²) in [5.74, 6) is 0.639. The number of ether oxygens (including phenoxy) is 1. The summed E-state index contributed by atoms with van der Waals surface area (Å²) in [6.45, 7) is 3.93. The van der Waals surface area contributed by atoms with E-state index >= 15 is 0 Å². The fourth-order valence-electron chi connectivity index (χ4n) is 1.81. The highest BCUT2D eigenvalue weighted by Crippen LogP contribution is 2.32. The molecule has 0 fully saturated rings. The number of hydrogen-bond donors (Lipinski definition) is 1. The average Bonchev–Trinajstić information content (AvgIpc) is 2.23. The van der Waals surface area contributed by atoms with Gasteiger partial charge in [0.05, 0.1) is 18.5 Å². The minimum Gasteiger partial charge on any atom is -0.481 e. The number of aromatic nitrogens is 1. The monoisotopic (exact) mass is 202 g/mol. The molecule has 0 radical (unpaired) electrons. The van der Waals surface area contributed by atoms with Crippen molar-refractivity contribution < 1.29 is 4.74 Å². The lowest BCUT2D eigenvalue weighted by molar-refractivity contribution is 0.402. The molecule has 0 spiro atoms. The number of fused-ring (bicyclic) bond motifs is 1. The SMILES string of the molecule is COc1nc(C)c(N)c2c(C)cccc12. The second-order valence-corrected chi connectivity index (χ2v) is 3.62. The van der Waals surface area contributed by atoms with Crippen LogP contribution in [0.2, 0.25) is 0 Å². The molecule has 78 valence electrons. The summed E-state index contributed by atoms with van der Waals surface area (Å²) < 4.78 is 5.25. The van der Waals surface area contributed by atoms with Crippen LogP contribution in [0.1, 0.15) is 11.3 Å². The van der Waals surface area contributed by atoms with E-state index in [-0.39, 0.29) is 0 Å². The van der Waals surface area contributed by atoms with Crippen LogP contribution in [0.3, 0.4) is 0 Å². The molecule has 0 aliphatic heterocycles. The molecule has 1 heterocycles. The summed E-state index contributed by atoms with van der Waals surface area (Å²) in [4.78, 5) is 4.31. The molecule has 3 nitrogen and oxygen atoms in total. The van der Waals surface area contributed by atoms with Gasteiger partial charge in [0.1, 0.15) is 0 Å². The Morgan fingerprint density at radius 1 is 1.27 bits per heavy atom. The van der Waals surface area contributed by atoms with E-state index in [1.807, 2.05) is 32.0 Å². The predicted molar refractivity (Wildman–Crippen MR) is 62.2 cm³/mol. The van der Waals surface area contributed by atoms with E-state index in [2.05, 4.69) is 4.98 Å². The van der Waals surface area contributed by atoms with Gasteiger partial charge in [-0.2, -0.15) is 0 Å². The number of nitrogens with zero attached hydrogens (tertiary/aromatic N) is 1. The van der Waals surface area contributed by atoms with Crippen LogP contribution in [0, 0.1) is 13.8 Å². The van der Waals surface area contributed by atoms with Crippen LogP contribution in [0.5, 0.6) is 5.88 Å². The van der Waals surface area contributed by atoms with Gasteiger partial charge < -0.3 is 10.5 Å². The third-order valence-electron chi connectivity index (χ3n) is 2.62. The first-order chi connectivity index (χ1) is 7.15. The first-order valence-electron chi connectivity index (χ1n) is 4.84. The third kappa shape index (κ3) is 1.40. The van der Waals surface area contributed by atoms with Crippen LogP contribution >= 0.6 is 0 Å². The highest BCUT2D eigenvalue weighted by atomic mass is 16.5. The van der Waals surface area contributed by atoms with Crippen LogP contribution in [0.4, 0.5) is 5.69 Å². The molecule has 0 aliphatic rings. The van der Waals surface area contributed by atoms with Crippen molar-refractivity contribution in [2.75, 3.05) is 12.8 Å². The highest BCUT2D eigenvalue weighted by molar-refractivity contribution is 5.99. The largest absolute Gasteiger partial charge is 0.481 e. The lowest BCUT2D eigenvalue weighted by atomic mass is 10.0. The van der Waals surface area contributed by atoms with Crippen molar-refractivity contribution in [3.63, 3.8) is 0 Å². The lowest BCUT2D eigenvalue weighted by Gasteiger charge is -2.11. The summed E-state index contributed by atoms with van der Waals surface area (Å²) in [5, 5.41) is 2.02. The number of benzene rings is 1. The number of nitrogen functional groups attached to an aromatic ring is 1. The van der Waals surface area contributed by atoms with Gasteiger partial charge in [-0.3, -0.25) is 0 Å². The van der Waals surface area contributed by atoms with Gasteiger partial charge in [-0.1, -0.05) is 12.1 Å². The molecule has 0 bridgehead atoms. The molecule has 0 atom stereocenters. The summed E-state index contributed by atoms with van der Waals surface area (Å²) in [5.41, 5.74) is 8.72. The number of rotatable bonds is 1. The number of pyridine rings is 1. The normalized spacial score (nSPS) is 10.6. The molecule has 0 saturated carbocycles. The molecule has 1 aromatic carbocycles. The molecule has 2 aromatic rings. The Labute approximate surface area is 88.9 Å². The Bertz CT molecular complexity index is 521. The van der Waals surface area contributed by atoms with Crippen molar-refractivity contribution >= 4 is 16.5 Å². The Morgan fingerprint density at radius 3 is 2.67 bits per heavy atom. The van der Waals surface area contributed by atoms with Crippen molar-refractivity contribution in [2.24, 2.45) is 0 Å². The Balaban J connectivity index is 2.96. The van der Waals surface area contributed by atoms with Crippen molar-refractivity contribution in [3.05, 3.63) is 29.5 Å². The van der Waals surface area contributed by atoms with Gasteiger partial charge in [0.25, 0.3) is 0 Å². The van der Waals surface area contributed by atoms with Gasteiger partial charge in [0, 0.05) is 10.8 Å². The molecule has 3 heteroatoms. The Morgan fingerprint density at radius 2 is 2.00 bits per heavy atom. The van der Waals surface area contributed by atoms with E-state index in [1.54, 1.807) is 7.11 Å². The predicted octanol–water partition coefficient (Wildman–Crippen LogP) is 2.44. The fraction of sp³-hybridized carbons (Fsp3) is 0.250. The summed E-state index contributed by atoms with van der Waals surface area (Å²) in [6.07, 6.45) is 0. The first kappa shape index (κ1) is 9.77. The number of nitrogens with two attached hydrogens (primary N) is 1. The third-order valence-corrected chi connectivity index (χ3v) is 2.62. The molecule has 1 aromatic heterocycles. The van der Waals surface area contributed by atoms with Crippen molar-refractivity contribution in [2.45, 2.75) is 13.8 Å². The molecular formula is C12H14N2O. The van der Waals surface area contributed by atoms with Crippen LogP contribution in [-0.4, -0.2) is 12.1 Å². The molecule has 0 amide bonds. The molecule has 2 N–H and O–H groups in total. The number of hydrogen-bond acceptors (Lipinski definition) is 3. The van der Waals surface area contributed by atoms with E-state index < -0.39 is 0 Å². The Hall–Kier alpha value is -1.77. The van der Waals surface area contributed by atoms with E-state index in [1.165, 1.54) is 0 Å². The van der Waals surface area contributed by atoms with Gasteiger partial charge in [0.15, 0.2) is 0 Å². The second kappa shape index (κ2) is 3.42. The maximum Gasteiger partial charge on any atom is 0.221 e. The number of aryl methyl sites for hydroxylation is 2.